The second-order valence-electron chi connectivity index (χ2n) is 6.28. The number of aromatic nitrogens is 1. The Labute approximate surface area is 178 Å². The van der Waals surface area contributed by atoms with Crippen molar-refractivity contribution in [3.8, 4) is 17.4 Å². The number of carbonyl (C=O) groups is 1. The molecule has 2 aromatic rings. The van der Waals surface area contributed by atoms with Gasteiger partial charge in [-0.05, 0) is 62.2 Å². The molecule has 0 aliphatic carbocycles. The van der Waals surface area contributed by atoms with E-state index in [1.54, 1.807) is 6.20 Å². The number of nitrogens with one attached hydrogen (secondary N) is 2. The first-order valence-corrected chi connectivity index (χ1v) is 9.08. The van der Waals surface area contributed by atoms with Crippen molar-refractivity contribution >= 4 is 30.7 Å². The summed E-state index contributed by atoms with van der Waals surface area (Å²) in [7, 11) is 0. The lowest BCUT2D eigenvalue weighted by Gasteiger charge is -2.11. The zero-order valence-electron chi connectivity index (χ0n) is 15.8. The lowest BCUT2D eigenvalue weighted by molar-refractivity contribution is -0.121. The van der Waals surface area contributed by atoms with Gasteiger partial charge in [-0.2, -0.15) is 0 Å². The number of carbonyl (C=O) groups excluding carboxylic acids is 1. The normalized spacial score (nSPS) is 15.1. The SMILES string of the molecule is CCOc1ccc(Oc2cc(CNC(=O)CC3CCCN3)ccn2)cc1.Cl.Cl. The molecule has 1 aliphatic heterocycles. The van der Waals surface area contributed by atoms with Gasteiger partial charge in [-0.15, -0.1) is 24.8 Å². The molecule has 6 nitrogen and oxygen atoms in total. The molecule has 0 spiro atoms. The van der Waals surface area contributed by atoms with Crippen molar-refractivity contribution in [1.29, 1.82) is 0 Å². The number of benzene rings is 1. The summed E-state index contributed by atoms with van der Waals surface area (Å²) in [5, 5.41) is 6.29. The van der Waals surface area contributed by atoms with Crippen LogP contribution in [0.1, 0.15) is 31.7 Å². The van der Waals surface area contributed by atoms with E-state index in [-0.39, 0.29) is 30.7 Å². The Morgan fingerprint density at radius 1 is 1.21 bits per heavy atom. The van der Waals surface area contributed by atoms with Gasteiger partial charge in [0.25, 0.3) is 0 Å². The zero-order chi connectivity index (χ0) is 18.2. The number of hydrogen-bond donors (Lipinski definition) is 2. The fraction of sp³-hybridized carbons (Fsp3) is 0.400. The second-order valence-corrected chi connectivity index (χ2v) is 6.28. The molecule has 2 heterocycles. The lowest BCUT2D eigenvalue weighted by atomic mass is 10.1. The minimum Gasteiger partial charge on any atom is -0.494 e. The maximum Gasteiger partial charge on any atom is 0.221 e. The van der Waals surface area contributed by atoms with E-state index in [1.807, 2.05) is 43.3 Å². The smallest absolute Gasteiger partial charge is 0.221 e. The van der Waals surface area contributed by atoms with E-state index >= 15 is 0 Å². The van der Waals surface area contributed by atoms with Crippen LogP contribution in [0.5, 0.6) is 17.4 Å². The van der Waals surface area contributed by atoms with Crippen molar-refractivity contribution in [3.63, 3.8) is 0 Å². The number of pyridine rings is 1. The lowest BCUT2D eigenvalue weighted by Crippen LogP contribution is -2.31. The summed E-state index contributed by atoms with van der Waals surface area (Å²) in [4.78, 5) is 16.3. The highest BCUT2D eigenvalue weighted by Gasteiger charge is 2.17. The van der Waals surface area contributed by atoms with E-state index in [1.165, 1.54) is 0 Å². The fourth-order valence-corrected chi connectivity index (χ4v) is 2.94. The molecule has 0 radical (unpaired) electrons. The van der Waals surface area contributed by atoms with Crippen LogP contribution in [0, 0.1) is 0 Å². The maximum atomic E-state index is 12.0. The molecule has 154 valence electrons. The molecule has 1 amide bonds. The average molecular weight is 428 g/mol. The second kappa shape index (κ2) is 12.4. The minimum absolute atomic E-state index is 0. The molecule has 1 saturated heterocycles. The fourth-order valence-electron chi connectivity index (χ4n) is 2.94. The van der Waals surface area contributed by atoms with Crippen LogP contribution in [-0.4, -0.2) is 30.1 Å². The molecule has 8 heteroatoms. The third kappa shape index (κ3) is 7.54. The van der Waals surface area contributed by atoms with Gasteiger partial charge in [0, 0.05) is 31.3 Å². The quantitative estimate of drug-likeness (QED) is 0.668. The van der Waals surface area contributed by atoms with Gasteiger partial charge >= 0.3 is 0 Å². The highest BCUT2D eigenvalue weighted by atomic mass is 35.5. The van der Waals surface area contributed by atoms with Crippen molar-refractivity contribution in [1.82, 2.24) is 15.6 Å². The molecule has 2 N–H and O–H groups in total. The number of nitrogens with zero attached hydrogens (tertiary/aromatic N) is 1. The molecule has 1 aromatic heterocycles. The Morgan fingerprint density at radius 3 is 2.64 bits per heavy atom. The number of ether oxygens (including phenoxy) is 2. The molecule has 3 rings (SSSR count). The summed E-state index contributed by atoms with van der Waals surface area (Å²) < 4.78 is 11.2. The number of hydrogen-bond acceptors (Lipinski definition) is 5. The predicted octanol–water partition coefficient (Wildman–Crippen LogP) is 3.87. The first-order chi connectivity index (χ1) is 12.7. The molecule has 1 unspecified atom stereocenters. The predicted molar refractivity (Wildman–Crippen MR) is 114 cm³/mol. The molecule has 1 aliphatic rings. The summed E-state index contributed by atoms with van der Waals surface area (Å²) in [5.41, 5.74) is 0.952. The number of rotatable bonds is 8. The molecule has 1 atom stereocenters. The number of amides is 1. The van der Waals surface area contributed by atoms with Gasteiger partial charge in [-0.25, -0.2) is 4.98 Å². The maximum absolute atomic E-state index is 12.0. The average Bonchev–Trinajstić information content (AvgIpc) is 3.15. The third-order valence-corrected chi connectivity index (χ3v) is 4.24. The Kier molecular flexibility index (Phi) is 10.7. The zero-order valence-corrected chi connectivity index (χ0v) is 17.5. The molecule has 1 aromatic carbocycles. The summed E-state index contributed by atoms with van der Waals surface area (Å²) in [5.74, 6) is 2.06. The summed E-state index contributed by atoms with van der Waals surface area (Å²) >= 11 is 0. The van der Waals surface area contributed by atoms with Crippen LogP contribution in [0.15, 0.2) is 42.6 Å². The monoisotopic (exact) mass is 427 g/mol. The van der Waals surface area contributed by atoms with Gasteiger partial charge in [0.05, 0.1) is 6.61 Å². The first-order valence-electron chi connectivity index (χ1n) is 9.08. The van der Waals surface area contributed by atoms with Gasteiger partial charge in [-0.3, -0.25) is 4.79 Å². The Bertz CT molecular complexity index is 723. The molecular weight excluding hydrogens is 401 g/mol. The molecule has 1 fully saturated rings. The highest BCUT2D eigenvalue weighted by molar-refractivity contribution is 5.85. The van der Waals surface area contributed by atoms with Gasteiger partial charge in [0.2, 0.25) is 11.8 Å². The summed E-state index contributed by atoms with van der Waals surface area (Å²) in [6.45, 7) is 4.05. The number of halogens is 2. The minimum atomic E-state index is 0. The van der Waals surface area contributed by atoms with Crippen molar-refractivity contribution < 1.29 is 14.3 Å². The Morgan fingerprint density at radius 2 is 1.96 bits per heavy atom. The van der Waals surface area contributed by atoms with E-state index in [4.69, 9.17) is 9.47 Å². The molecular formula is C20H27Cl2N3O3. The van der Waals surface area contributed by atoms with Crippen molar-refractivity contribution in [2.45, 2.75) is 38.8 Å². The molecule has 0 saturated carbocycles. The van der Waals surface area contributed by atoms with Crippen LogP contribution in [0.25, 0.3) is 0 Å². The molecule has 28 heavy (non-hydrogen) atoms. The standard InChI is InChI=1S/C20H25N3O3.2ClH/c1-2-25-17-5-7-18(8-6-17)26-20-12-15(9-11-22-20)14-23-19(24)13-16-4-3-10-21-16;;/h5-9,11-12,16,21H,2-4,10,13-14H2,1H3,(H,23,24);2*1H. The highest BCUT2D eigenvalue weighted by Crippen LogP contribution is 2.23. The topological polar surface area (TPSA) is 72.5 Å². The van der Waals surface area contributed by atoms with Crippen LogP contribution < -0.4 is 20.1 Å². The van der Waals surface area contributed by atoms with E-state index in [0.29, 0.717) is 37.2 Å². The third-order valence-electron chi connectivity index (χ3n) is 4.24. The van der Waals surface area contributed by atoms with Crippen LogP contribution in [0.3, 0.4) is 0 Å². The summed E-state index contributed by atoms with van der Waals surface area (Å²) in [6, 6.07) is 11.4. The van der Waals surface area contributed by atoms with Crippen LogP contribution in [0.2, 0.25) is 0 Å². The van der Waals surface area contributed by atoms with Crippen molar-refractivity contribution in [2.24, 2.45) is 0 Å². The van der Waals surface area contributed by atoms with Crippen molar-refractivity contribution in [3.05, 3.63) is 48.2 Å². The van der Waals surface area contributed by atoms with Crippen molar-refractivity contribution in [2.75, 3.05) is 13.2 Å². The van der Waals surface area contributed by atoms with Crippen LogP contribution in [0.4, 0.5) is 0 Å². The first kappa shape index (κ1) is 24.0. The largest absolute Gasteiger partial charge is 0.494 e. The van der Waals surface area contributed by atoms with Gasteiger partial charge < -0.3 is 20.1 Å². The van der Waals surface area contributed by atoms with Gasteiger partial charge in [0.1, 0.15) is 11.5 Å². The van der Waals surface area contributed by atoms with Gasteiger partial charge in [0.15, 0.2) is 0 Å². The van der Waals surface area contributed by atoms with Gasteiger partial charge in [-0.1, -0.05) is 0 Å². The van der Waals surface area contributed by atoms with Crippen LogP contribution in [-0.2, 0) is 11.3 Å². The molecule has 0 bridgehead atoms. The van der Waals surface area contributed by atoms with E-state index in [2.05, 4.69) is 15.6 Å². The van der Waals surface area contributed by atoms with E-state index < -0.39 is 0 Å². The summed E-state index contributed by atoms with van der Waals surface area (Å²) in [6.07, 6.45) is 4.43. The van der Waals surface area contributed by atoms with Crippen LogP contribution >= 0.6 is 24.8 Å². The Hall–Kier alpha value is -2.02. The van der Waals surface area contributed by atoms with E-state index in [9.17, 15) is 4.79 Å². The van der Waals surface area contributed by atoms with E-state index in [0.717, 1.165) is 30.7 Å². The Balaban J connectivity index is 0.00000196.